The zero-order chi connectivity index (χ0) is 10.2. The fraction of sp³-hybridized carbons (Fsp3) is 0.846. The molecule has 1 aliphatic heterocycles. The molecule has 0 amide bonds. The van der Waals surface area contributed by atoms with Gasteiger partial charge >= 0.3 is 0 Å². The van der Waals surface area contributed by atoms with Crippen LogP contribution in [0.5, 0.6) is 0 Å². The first kappa shape index (κ1) is 10.2. The number of likely N-dealkylation sites (tertiary alicyclic amines) is 1. The van der Waals surface area contributed by atoms with E-state index < -0.39 is 0 Å². The zero-order valence-electron chi connectivity index (χ0n) is 9.84. The van der Waals surface area contributed by atoms with Crippen LogP contribution in [0.15, 0.2) is 11.6 Å². The molecule has 1 saturated carbocycles. The minimum atomic E-state index is 0.751. The second-order valence-electron chi connectivity index (χ2n) is 5.44. The Bertz CT molecular complexity index is 226. The maximum absolute atomic E-state index is 2.47. The normalized spacial score (nSPS) is 29.2. The van der Waals surface area contributed by atoms with E-state index in [9.17, 15) is 0 Å². The van der Waals surface area contributed by atoms with E-state index in [0.717, 1.165) is 11.3 Å². The number of rotatable bonds is 1. The standard InChI is InChI=1S/C13H23N/c1-4-11(2)12-9-13(10-12)5-7-14(3)8-6-13/h4,12H,5-10H2,1-3H3/b11-4+. The van der Waals surface area contributed by atoms with Gasteiger partial charge in [-0.25, -0.2) is 0 Å². The molecule has 0 aromatic carbocycles. The van der Waals surface area contributed by atoms with Crippen LogP contribution in [0.2, 0.25) is 0 Å². The molecule has 2 rings (SSSR count). The van der Waals surface area contributed by atoms with Crippen LogP contribution in [0, 0.1) is 11.3 Å². The molecule has 0 unspecified atom stereocenters. The fourth-order valence-electron chi connectivity index (χ4n) is 3.04. The summed E-state index contributed by atoms with van der Waals surface area (Å²) in [5, 5.41) is 0. The Hall–Kier alpha value is -0.300. The van der Waals surface area contributed by atoms with Crippen molar-refractivity contribution >= 4 is 0 Å². The molecule has 1 spiro atoms. The first-order valence-corrected chi connectivity index (χ1v) is 5.97. The third kappa shape index (κ3) is 1.75. The first-order chi connectivity index (χ1) is 6.65. The highest BCUT2D eigenvalue weighted by Crippen LogP contribution is 2.54. The van der Waals surface area contributed by atoms with E-state index >= 15 is 0 Å². The van der Waals surface area contributed by atoms with Crippen LogP contribution in [0.1, 0.15) is 39.5 Å². The number of hydrogen-bond acceptors (Lipinski definition) is 1. The molecule has 2 fully saturated rings. The van der Waals surface area contributed by atoms with Gasteiger partial charge in [0.1, 0.15) is 0 Å². The minimum Gasteiger partial charge on any atom is -0.306 e. The zero-order valence-corrected chi connectivity index (χ0v) is 9.84. The molecular formula is C13H23N. The van der Waals surface area contributed by atoms with Gasteiger partial charge in [-0.3, -0.25) is 0 Å². The van der Waals surface area contributed by atoms with Crippen molar-refractivity contribution in [3.63, 3.8) is 0 Å². The van der Waals surface area contributed by atoms with Gasteiger partial charge in [-0.05, 0) is 71.0 Å². The largest absolute Gasteiger partial charge is 0.306 e. The number of allylic oxidation sites excluding steroid dienone is 2. The Labute approximate surface area is 88.2 Å². The van der Waals surface area contributed by atoms with Crippen LogP contribution < -0.4 is 0 Å². The summed E-state index contributed by atoms with van der Waals surface area (Å²) in [5.74, 6) is 0.920. The molecule has 1 aliphatic carbocycles. The average molecular weight is 193 g/mol. The Morgan fingerprint density at radius 2 is 1.86 bits per heavy atom. The monoisotopic (exact) mass is 193 g/mol. The van der Waals surface area contributed by atoms with Crippen molar-refractivity contribution in [2.24, 2.45) is 11.3 Å². The van der Waals surface area contributed by atoms with E-state index in [2.05, 4.69) is 31.9 Å². The molecular weight excluding hydrogens is 170 g/mol. The summed E-state index contributed by atoms with van der Waals surface area (Å²) in [6, 6.07) is 0. The van der Waals surface area contributed by atoms with Crippen LogP contribution in [0.3, 0.4) is 0 Å². The fourth-order valence-corrected chi connectivity index (χ4v) is 3.04. The van der Waals surface area contributed by atoms with Gasteiger partial charge in [-0.2, -0.15) is 0 Å². The van der Waals surface area contributed by atoms with Gasteiger partial charge in [0, 0.05) is 0 Å². The van der Waals surface area contributed by atoms with Gasteiger partial charge in [0.15, 0.2) is 0 Å². The van der Waals surface area contributed by atoms with E-state index in [4.69, 9.17) is 0 Å². The third-order valence-corrected chi connectivity index (χ3v) is 4.51. The Morgan fingerprint density at radius 3 is 2.36 bits per heavy atom. The molecule has 1 nitrogen and oxygen atoms in total. The average Bonchev–Trinajstić information content (AvgIpc) is 2.15. The highest BCUT2D eigenvalue weighted by Gasteiger charge is 2.45. The van der Waals surface area contributed by atoms with Gasteiger partial charge in [-0.15, -0.1) is 0 Å². The molecule has 0 bridgehead atoms. The topological polar surface area (TPSA) is 3.24 Å². The van der Waals surface area contributed by atoms with E-state index in [1.165, 1.54) is 38.8 Å². The first-order valence-electron chi connectivity index (χ1n) is 5.97. The van der Waals surface area contributed by atoms with Gasteiger partial charge in [0.05, 0.1) is 0 Å². The summed E-state index contributed by atoms with van der Waals surface area (Å²) < 4.78 is 0. The number of piperidine rings is 1. The summed E-state index contributed by atoms with van der Waals surface area (Å²) in [6.07, 6.45) is 8.12. The molecule has 1 heteroatoms. The summed E-state index contributed by atoms with van der Waals surface area (Å²) in [5.41, 5.74) is 2.37. The number of nitrogens with zero attached hydrogens (tertiary/aromatic N) is 1. The van der Waals surface area contributed by atoms with E-state index in [-0.39, 0.29) is 0 Å². The Morgan fingerprint density at radius 1 is 1.29 bits per heavy atom. The van der Waals surface area contributed by atoms with Crippen molar-refractivity contribution in [3.05, 3.63) is 11.6 Å². The van der Waals surface area contributed by atoms with Gasteiger partial charge in [0.2, 0.25) is 0 Å². The van der Waals surface area contributed by atoms with Crippen molar-refractivity contribution in [1.82, 2.24) is 4.90 Å². The second-order valence-corrected chi connectivity index (χ2v) is 5.44. The second kappa shape index (κ2) is 3.69. The smallest absolute Gasteiger partial charge is 0.00165 e. The van der Waals surface area contributed by atoms with Crippen LogP contribution in [0.25, 0.3) is 0 Å². The minimum absolute atomic E-state index is 0.751. The van der Waals surface area contributed by atoms with Crippen molar-refractivity contribution in [3.8, 4) is 0 Å². The quantitative estimate of drug-likeness (QED) is 0.578. The SMILES string of the molecule is C/C=C(\C)C1CC2(CCN(C)CC2)C1. The molecule has 0 radical (unpaired) electrons. The molecule has 0 aromatic rings. The molecule has 2 aliphatic rings. The van der Waals surface area contributed by atoms with Crippen molar-refractivity contribution in [1.29, 1.82) is 0 Å². The van der Waals surface area contributed by atoms with E-state index in [0.29, 0.717) is 0 Å². The van der Waals surface area contributed by atoms with Gasteiger partial charge in [-0.1, -0.05) is 11.6 Å². The van der Waals surface area contributed by atoms with Gasteiger partial charge in [0.25, 0.3) is 0 Å². The van der Waals surface area contributed by atoms with Crippen LogP contribution in [-0.2, 0) is 0 Å². The predicted molar refractivity (Wildman–Crippen MR) is 61.3 cm³/mol. The molecule has 80 valence electrons. The highest BCUT2D eigenvalue weighted by atomic mass is 15.1. The van der Waals surface area contributed by atoms with Crippen molar-refractivity contribution in [2.75, 3.05) is 20.1 Å². The summed E-state index contributed by atoms with van der Waals surface area (Å²) in [6.45, 7) is 7.12. The molecule has 14 heavy (non-hydrogen) atoms. The lowest BCUT2D eigenvalue weighted by Gasteiger charge is -2.52. The summed E-state index contributed by atoms with van der Waals surface area (Å²) in [4.78, 5) is 2.47. The molecule has 1 saturated heterocycles. The third-order valence-electron chi connectivity index (χ3n) is 4.51. The van der Waals surface area contributed by atoms with Gasteiger partial charge < -0.3 is 4.90 Å². The predicted octanol–water partition coefficient (Wildman–Crippen LogP) is 3.07. The lowest BCUT2D eigenvalue weighted by molar-refractivity contribution is 0.00772. The van der Waals surface area contributed by atoms with E-state index in [1.54, 1.807) is 5.57 Å². The maximum atomic E-state index is 2.47. The van der Waals surface area contributed by atoms with E-state index in [1.807, 2.05) is 0 Å². The molecule has 0 atom stereocenters. The van der Waals surface area contributed by atoms with Crippen LogP contribution in [-0.4, -0.2) is 25.0 Å². The van der Waals surface area contributed by atoms with Crippen molar-refractivity contribution in [2.45, 2.75) is 39.5 Å². The lowest BCUT2D eigenvalue weighted by atomic mass is 9.56. The lowest BCUT2D eigenvalue weighted by Crippen LogP contribution is -2.46. The Balaban J connectivity index is 1.86. The van der Waals surface area contributed by atoms with Crippen LogP contribution >= 0.6 is 0 Å². The number of hydrogen-bond donors (Lipinski definition) is 0. The summed E-state index contributed by atoms with van der Waals surface area (Å²) >= 11 is 0. The molecule has 0 aromatic heterocycles. The van der Waals surface area contributed by atoms with Crippen molar-refractivity contribution < 1.29 is 0 Å². The maximum Gasteiger partial charge on any atom is -0.00165 e. The molecule has 1 heterocycles. The molecule has 0 N–H and O–H groups in total. The van der Waals surface area contributed by atoms with Crippen LogP contribution in [0.4, 0.5) is 0 Å². The Kier molecular flexibility index (Phi) is 2.70. The highest BCUT2D eigenvalue weighted by molar-refractivity contribution is 5.11. The summed E-state index contributed by atoms with van der Waals surface area (Å²) in [7, 11) is 2.25.